The van der Waals surface area contributed by atoms with E-state index in [0.29, 0.717) is 47.9 Å². The third kappa shape index (κ3) is 6.72. The molecule has 40 heavy (non-hydrogen) atoms. The van der Waals surface area contributed by atoms with Crippen LogP contribution in [-0.2, 0) is 28.5 Å². The van der Waals surface area contributed by atoms with Gasteiger partial charge in [-0.3, -0.25) is 9.59 Å². The minimum Gasteiger partial charge on any atom is -0.493 e. The third-order valence-corrected chi connectivity index (χ3v) is 7.26. The number of carbonyl (C=O) groups excluding carboxylic acids is 2. The molecule has 0 aliphatic carbocycles. The van der Waals surface area contributed by atoms with Crippen LogP contribution in [0, 0.1) is 0 Å². The number of hydrogen-bond acceptors (Lipinski definition) is 6. The first kappa shape index (κ1) is 29.3. The highest BCUT2D eigenvalue weighted by Crippen LogP contribution is 2.39. The van der Waals surface area contributed by atoms with Crippen LogP contribution in [0.15, 0.2) is 46.3 Å². The molecule has 7 nitrogen and oxygen atoms in total. The standard InChI is InChI=1S/C26H23F6N3O4S/c1-15(36)34-7-9-35(10-8-34)24-33-23(37)22(40-24)12-16-3-6-20(21(11-16)38-2)39-14-17-4-5-18(25(27,28)29)13-19(17)26(30,31)32/h3-6,11-13H,7-10,14H2,1-2H3/b22-12+. The summed E-state index contributed by atoms with van der Waals surface area (Å²) < 4.78 is 89.9. The summed E-state index contributed by atoms with van der Waals surface area (Å²) in [6.45, 7) is 2.98. The van der Waals surface area contributed by atoms with Gasteiger partial charge in [0.25, 0.3) is 5.91 Å². The van der Waals surface area contributed by atoms with Gasteiger partial charge in [-0.1, -0.05) is 12.1 Å². The molecule has 0 aromatic heterocycles. The maximum atomic E-state index is 13.4. The Bertz CT molecular complexity index is 1370. The first-order chi connectivity index (χ1) is 18.8. The maximum Gasteiger partial charge on any atom is 0.416 e. The van der Waals surface area contributed by atoms with E-state index in [2.05, 4.69) is 4.99 Å². The van der Waals surface area contributed by atoms with E-state index in [1.807, 2.05) is 4.90 Å². The largest absolute Gasteiger partial charge is 0.493 e. The number of rotatable bonds is 5. The summed E-state index contributed by atoms with van der Waals surface area (Å²) in [5.41, 5.74) is -2.81. The molecular formula is C26H23F6N3O4S. The second kappa shape index (κ2) is 11.4. The number of hydrogen-bond donors (Lipinski definition) is 0. The van der Waals surface area contributed by atoms with Gasteiger partial charge >= 0.3 is 12.4 Å². The lowest BCUT2D eigenvalue weighted by molar-refractivity contribution is -0.143. The molecule has 2 aliphatic rings. The van der Waals surface area contributed by atoms with Gasteiger partial charge < -0.3 is 19.3 Å². The number of thioether (sulfide) groups is 1. The van der Waals surface area contributed by atoms with E-state index in [1.54, 1.807) is 17.0 Å². The van der Waals surface area contributed by atoms with Crippen molar-refractivity contribution in [3.05, 3.63) is 63.6 Å². The SMILES string of the molecule is COc1cc(/C=C2/SC(N3CCN(C(C)=O)CC3)=NC2=O)ccc1OCc1ccc(C(F)(F)F)cc1C(F)(F)F. The van der Waals surface area contributed by atoms with Crippen molar-refractivity contribution in [2.24, 2.45) is 4.99 Å². The second-order valence-corrected chi connectivity index (χ2v) is 9.88. The van der Waals surface area contributed by atoms with Crippen LogP contribution in [0.5, 0.6) is 11.5 Å². The Hall–Kier alpha value is -3.68. The molecule has 1 fully saturated rings. The van der Waals surface area contributed by atoms with Crippen LogP contribution in [-0.4, -0.2) is 60.1 Å². The average molecular weight is 588 g/mol. The summed E-state index contributed by atoms with van der Waals surface area (Å²) >= 11 is 1.19. The Morgan fingerprint density at radius 3 is 2.30 bits per heavy atom. The number of amidine groups is 1. The van der Waals surface area contributed by atoms with E-state index in [9.17, 15) is 35.9 Å². The van der Waals surface area contributed by atoms with E-state index in [0.717, 1.165) is 6.07 Å². The van der Waals surface area contributed by atoms with Crippen molar-refractivity contribution in [1.29, 1.82) is 0 Å². The van der Waals surface area contributed by atoms with Crippen molar-refractivity contribution in [2.75, 3.05) is 33.3 Å². The summed E-state index contributed by atoms with van der Waals surface area (Å²) in [5.74, 6) is -0.246. The molecule has 0 atom stereocenters. The Morgan fingerprint density at radius 2 is 1.70 bits per heavy atom. The smallest absolute Gasteiger partial charge is 0.416 e. The number of amides is 2. The third-order valence-electron chi connectivity index (χ3n) is 6.22. The van der Waals surface area contributed by atoms with Crippen LogP contribution >= 0.6 is 11.8 Å². The van der Waals surface area contributed by atoms with Crippen molar-refractivity contribution in [1.82, 2.24) is 9.80 Å². The zero-order valence-electron chi connectivity index (χ0n) is 21.2. The van der Waals surface area contributed by atoms with E-state index < -0.39 is 41.6 Å². The predicted molar refractivity (Wildman–Crippen MR) is 136 cm³/mol. The number of alkyl halides is 6. The van der Waals surface area contributed by atoms with Gasteiger partial charge in [-0.15, -0.1) is 0 Å². The first-order valence-corrected chi connectivity index (χ1v) is 12.7. The van der Waals surface area contributed by atoms with Crippen LogP contribution in [0.25, 0.3) is 6.08 Å². The minimum atomic E-state index is -5.02. The number of piperazine rings is 1. The van der Waals surface area contributed by atoms with Gasteiger partial charge in [0.05, 0.1) is 23.1 Å². The van der Waals surface area contributed by atoms with Crippen molar-refractivity contribution in [3.63, 3.8) is 0 Å². The molecule has 2 aliphatic heterocycles. The molecule has 0 bridgehead atoms. The topological polar surface area (TPSA) is 71.4 Å². The zero-order chi connectivity index (χ0) is 29.2. The monoisotopic (exact) mass is 587 g/mol. The normalized spacial score (nSPS) is 17.4. The van der Waals surface area contributed by atoms with Crippen molar-refractivity contribution in [2.45, 2.75) is 25.9 Å². The molecule has 0 N–H and O–H groups in total. The molecule has 0 unspecified atom stereocenters. The van der Waals surface area contributed by atoms with Gasteiger partial charge in [0.2, 0.25) is 5.91 Å². The van der Waals surface area contributed by atoms with Gasteiger partial charge in [0.1, 0.15) is 6.61 Å². The van der Waals surface area contributed by atoms with Crippen molar-refractivity contribution < 1.29 is 45.4 Å². The predicted octanol–water partition coefficient (Wildman–Crippen LogP) is 5.45. The molecule has 0 radical (unpaired) electrons. The number of carbonyl (C=O) groups is 2. The molecule has 0 spiro atoms. The van der Waals surface area contributed by atoms with E-state index in [4.69, 9.17) is 9.47 Å². The molecule has 1 saturated heterocycles. The number of halogens is 6. The lowest BCUT2D eigenvalue weighted by Crippen LogP contribution is -2.49. The summed E-state index contributed by atoms with van der Waals surface area (Å²) in [6.07, 6.45) is -8.37. The van der Waals surface area contributed by atoms with Crippen LogP contribution in [0.4, 0.5) is 26.3 Å². The summed E-state index contributed by atoms with van der Waals surface area (Å²) in [6, 6.07) is 5.85. The molecule has 0 saturated carbocycles. The summed E-state index contributed by atoms with van der Waals surface area (Å²) in [5, 5.41) is 0.531. The lowest BCUT2D eigenvalue weighted by atomic mass is 10.0. The summed E-state index contributed by atoms with van der Waals surface area (Å²) in [4.78, 5) is 32.1. The lowest BCUT2D eigenvalue weighted by Gasteiger charge is -2.34. The van der Waals surface area contributed by atoms with Gasteiger partial charge in [0.15, 0.2) is 16.7 Å². The van der Waals surface area contributed by atoms with Gasteiger partial charge in [-0.25, -0.2) is 0 Å². The quantitative estimate of drug-likeness (QED) is 0.343. The van der Waals surface area contributed by atoms with E-state index >= 15 is 0 Å². The van der Waals surface area contributed by atoms with E-state index in [-0.39, 0.29) is 23.5 Å². The minimum absolute atomic E-state index is 0.0150. The van der Waals surface area contributed by atoms with Crippen LogP contribution in [0.2, 0.25) is 0 Å². The highest BCUT2D eigenvalue weighted by Gasteiger charge is 2.38. The molecule has 14 heteroatoms. The average Bonchev–Trinajstić information content (AvgIpc) is 3.26. The molecule has 214 valence electrons. The highest BCUT2D eigenvalue weighted by atomic mass is 32.2. The zero-order valence-corrected chi connectivity index (χ0v) is 22.0. The van der Waals surface area contributed by atoms with Crippen molar-refractivity contribution >= 4 is 34.8 Å². The number of nitrogens with zero attached hydrogens (tertiary/aromatic N) is 3. The number of aliphatic imine (C=N–C) groups is 1. The highest BCUT2D eigenvalue weighted by molar-refractivity contribution is 8.18. The number of methoxy groups -OCH3 is 1. The molecule has 2 aromatic carbocycles. The first-order valence-electron chi connectivity index (χ1n) is 11.9. The fourth-order valence-corrected chi connectivity index (χ4v) is 5.05. The Labute approximate surface area is 229 Å². The van der Waals surface area contributed by atoms with Crippen LogP contribution in [0.1, 0.15) is 29.2 Å². The molecule has 2 amide bonds. The van der Waals surface area contributed by atoms with Gasteiger partial charge in [0, 0.05) is 38.7 Å². The summed E-state index contributed by atoms with van der Waals surface area (Å²) in [7, 11) is 1.32. The van der Waals surface area contributed by atoms with Crippen LogP contribution < -0.4 is 9.47 Å². The van der Waals surface area contributed by atoms with Gasteiger partial charge in [-0.2, -0.15) is 31.3 Å². The number of ether oxygens (including phenoxy) is 2. The second-order valence-electron chi connectivity index (χ2n) is 8.87. The van der Waals surface area contributed by atoms with E-state index in [1.165, 1.54) is 37.9 Å². The molecule has 4 rings (SSSR count). The molecule has 2 heterocycles. The van der Waals surface area contributed by atoms with Crippen molar-refractivity contribution in [3.8, 4) is 11.5 Å². The molecule has 2 aromatic rings. The Balaban J connectivity index is 1.46. The maximum absolute atomic E-state index is 13.4. The fraction of sp³-hybridized carbons (Fsp3) is 0.346. The van der Waals surface area contributed by atoms with Gasteiger partial charge in [-0.05, 0) is 47.7 Å². The fourth-order valence-electron chi connectivity index (χ4n) is 4.09. The Morgan fingerprint density at radius 1 is 1.00 bits per heavy atom. The van der Waals surface area contributed by atoms with Crippen LogP contribution in [0.3, 0.4) is 0 Å². The Kier molecular flexibility index (Phi) is 8.38. The molecular weight excluding hydrogens is 564 g/mol. The number of benzene rings is 2.